The van der Waals surface area contributed by atoms with Crippen molar-refractivity contribution in [2.24, 2.45) is 0 Å². The lowest BCUT2D eigenvalue weighted by Gasteiger charge is -2.16. The van der Waals surface area contributed by atoms with Crippen LogP contribution in [0.5, 0.6) is 0 Å². The molecule has 2 unspecified atom stereocenters. The predicted octanol–water partition coefficient (Wildman–Crippen LogP) is 3.00. The number of hydrogen-bond acceptors (Lipinski definition) is 4. The van der Waals surface area contributed by atoms with Gasteiger partial charge in [-0.15, -0.1) is 11.3 Å². The van der Waals surface area contributed by atoms with E-state index in [1.807, 2.05) is 11.4 Å². The van der Waals surface area contributed by atoms with Gasteiger partial charge in [0.2, 0.25) is 0 Å². The van der Waals surface area contributed by atoms with Crippen molar-refractivity contribution >= 4 is 11.3 Å². The molecule has 0 saturated heterocycles. The van der Waals surface area contributed by atoms with E-state index in [-0.39, 0.29) is 6.04 Å². The van der Waals surface area contributed by atoms with Crippen LogP contribution in [-0.4, -0.2) is 11.7 Å². The summed E-state index contributed by atoms with van der Waals surface area (Å²) in [5, 5.41) is 24.2. The Kier molecular flexibility index (Phi) is 4.69. The molecule has 0 spiro atoms. The van der Waals surface area contributed by atoms with Gasteiger partial charge in [-0.25, -0.2) is 0 Å². The van der Waals surface area contributed by atoms with E-state index in [1.54, 1.807) is 35.6 Å². The summed E-state index contributed by atoms with van der Waals surface area (Å²) < 4.78 is 0. The number of aliphatic hydroxyl groups excluding tert-OH is 1. The first-order chi connectivity index (χ1) is 9.20. The van der Waals surface area contributed by atoms with Crippen molar-refractivity contribution in [2.75, 3.05) is 6.54 Å². The van der Waals surface area contributed by atoms with Crippen molar-refractivity contribution in [3.05, 3.63) is 57.8 Å². The average Bonchev–Trinajstić information content (AvgIpc) is 2.98. The molecule has 2 N–H and O–H groups in total. The van der Waals surface area contributed by atoms with Crippen LogP contribution in [0, 0.1) is 11.3 Å². The monoisotopic (exact) mass is 272 g/mol. The standard InChI is InChI=1S/C15H16N2OS/c1-11(15-3-2-8-19-15)17-10-14(18)13-6-4-12(9-16)5-7-13/h2-8,11,14,17-18H,10H2,1H3. The number of aliphatic hydroxyl groups is 1. The van der Waals surface area contributed by atoms with E-state index in [0.29, 0.717) is 12.1 Å². The summed E-state index contributed by atoms with van der Waals surface area (Å²) in [6.07, 6.45) is -0.560. The highest BCUT2D eigenvalue weighted by Crippen LogP contribution is 2.19. The van der Waals surface area contributed by atoms with Crippen molar-refractivity contribution in [1.29, 1.82) is 5.26 Å². The number of thiophene rings is 1. The number of rotatable bonds is 5. The van der Waals surface area contributed by atoms with Crippen molar-refractivity contribution < 1.29 is 5.11 Å². The van der Waals surface area contributed by atoms with Gasteiger partial charge in [-0.3, -0.25) is 0 Å². The van der Waals surface area contributed by atoms with Gasteiger partial charge in [0.1, 0.15) is 0 Å². The van der Waals surface area contributed by atoms with Crippen LogP contribution in [0.15, 0.2) is 41.8 Å². The zero-order valence-corrected chi connectivity index (χ0v) is 11.5. The molecule has 1 aromatic heterocycles. The fourth-order valence-electron chi connectivity index (χ4n) is 1.82. The average molecular weight is 272 g/mol. The molecule has 0 radical (unpaired) electrons. The molecule has 2 atom stereocenters. The van der Waals surface area contributed by atoms with Crippen LogP contribution < -0.4 is 5.32 Å². The van der Waals surface area contributed by atoms with Crippen molar-refractivity contribution in [3.8, 4) is 6.07 Å². The summed E-state index contributed by atoms with van der Waals surface area (Å²) in [5.41, 5.74) is 1.43. The maximum absolute atomic E-state index is 10.1. The second kappa shape index (κ2) is 6.48. The molecule has 0 aliphatic carbocycles. The molecule has 0 bridgehead atoms. The van der Waals surface area contributed by atoms with Gasteiger partial charge >= 0.3 is 0 Å². The Morgan fingerprint density at radius 1 is 1.32 bits per heavy atom. The van der Waals surface area contributed by atoms with Crippen molar-refractivity contribution in [2.45, 2.75) is 19.1 Å². The van der Waals surface area contributed by atoms with Gasteiger partial charge in [0.05, 0.1) is 17.7 Å². The topological polar surface area (TPSA) is 56.0 Å². The zero-order valence-electron chi connectivity index (χ0n) is 10.7. The van der Waals surface area contributed by atoms with Gasteiger partial charge in [0, 0.05) is 17.5 Å². The summed E-state index contributed by atoms with van der Waals surface area (Å²) in [6, 6.07) is 13.4. The molecule has 1 heterocycles. The first kappa shape index (κ1) is 13.8. The minimum absolute atomic E-state index is 0.230. The molecule has 0 amide bonds. The molecule has 1 aromatic carbocycles. The Bertz CT molecular complexity index is 543. The van der Waals surface area contributed by atoms with Crippen LogP contribution in [0.25, 0.3) is 0 Å². The summed E-state index contributed by atoms with van der Waals surface area (Å²) in [6.45, 7) is 2.57. The van der Waals surface area contributed by atoms with Crippen molar-refractivity contribution in [3.63, 3.8) is 0 Å². The normalized spacial score (nSPS) is 13.7. The summed E-state index contributed by atoms with van der Waals surface area (Å²) in [4.78, 5) is 1.26. The Labute approximate surface area is 117 Å². The third-order valence-corrected chi connectivity index (χ3v) is 4.07. The second-order valence-corrected chi connectivity index (χ2v) is 5.37. The Morgan fingerprint density at radius 3 is 2.63 bits per heavy atom. The maximum atomic E-state index is 10.1. The van der Waals surface area contributed by atoms with E-state index >= 15 is 0 Å². The number of hydrogen-bond donors (Lipinski definition) is 2. The largest absolute Gasteiger partial charge is 0.387 e. The lowest BCUT2D eigenvalue weighted by Crippen LogP contribution is -2.24. The van der Waals surface area contributed by atoms with E-state index in [9.17, 15) is 5.11 Å². The number of nitrogens with zero attached hydrogens (tertiary/aromatic N) is 1. The lowest BCUT2D eigenvalue weighted by molar-refractivity contribution is 0.171. The molecule has 3 nitrogen and oxygen atoms in total. The third kappa shape index (κ3) is 3.65. The van der Waals surface area contributed by atoms with E-state index in [1.165, 1.54) is 4.88 Å². The molecule has 0 aliphatic heterocycles. The van der Waals surface area contributed by atoms with E-state index in [4.69, 9.17) is 5.26 Å². The fraction of sp³-hybridized carbons (Fsp3) is 0.267. The maximum Gasteiger partial charge on any atom is 0.0991 e. The van der Waals surface area contributed by atoms with Crippen LogP contribution in [0.3, 0.4) is 0 Å². The van der Waals surface area contributed by atoms with E-state index in [0.717, 1.165) is 5.56 Å². The van der Waals surface area contributed by atoms with Gasteiger partial charge in [-0.2, -0.15) is 5.26 Å². The molecule has 4 heteroatoms. The first-order valence-corrected chi connectivity index (χ1v) is 7.03. The molecule has 0 saturated carbocycles. The third-order valence-electron chi connectivity index (χ3n) is 3.01. The Morgan fingerprint density at radius 2 is 2.05 bits per heavy atom. The Hall–Kier alpha value is -1.67. The van der Waals surface area contributed by atoms with E-state index < -0.39 is 6.10 Å². The van der Waals surface area contributed by atoms with Crippen LogP contribution >= 0.6 is 11.3 Å². The van der Waals surface area contributed by atoms with Crippen molar-refractivity contribution in [1.82, 2.24) is 5.32 Å². The summed E-state index contributed by atoms with van der Waals surface area (Å²) in [5.74, 6) is 0. The molecule has 0 fully saturated rings. The SMILES string of the molecule is CC(NCC(O)c1ccc(C#N)cc1)c1cccs1. The van der Waals surface area contributed by atoms with Gasteiger partial charge in [-0.05, 0) is 36.1 Å². The Balaban J connectivity index is 1.90. The van der Waals surface area contributed by atoms with Crippen LogP contribution in [0.4, 0.5) is 0 Å². The molecule has 2 rings (SSSR count). The van der Waals surface area contributed by atoms with E-state index in [2.05, 4.69) is 24.4 Å². The fourth-order valence-corrected chi connectivity index (χ4v) is 2.58. The number of nitrogens with one attached hydrogen (secondary N) is 1. The molecule has 2 aromatic rings. The summed E-state index contributed by atoms with van der Waals surface area (Å²) in [7, 11) is 0. The van der Waals surface area contributed by atoms with Gasteiger partial charge in [0.25, 0.3) is 0 Å². The highest BCUT2D eigenvalue weighted by Gasteiger charge is 2.11. The highest BCUT2D eigenvalue weighted by atomic mass is 32.1. The zero-order chi connectivity index (χ0) is 13.7. The van der Waals surface area contributed by atoms with Crippen LogP contribution in [0.1, 0.15) is 35.1 Å². The molecule has 98 valence electrons. The predicted molar refractivity (Wildman–Crippen MR) is 76.9 cm³/mol. The van der Waals surface area contributed by atoms with Gasteiger partial charge < -0.3 is 10.4 Å². The minimum Gasteiger partial charge on any atom is -0.387 e. The lowest BCUT2D eigenvalue weighted by atomic mass is 10.1. The molecular weight excluding hydrogens is 256 g/mol. The number of nitriles is 1. The molecule has 19 heavy (non-hydrogen) atoms. The van der Waals surface area contributed by atoms with Crippen LogP contribution in [-0.2, 0) is 0 Å². The van der Waals surface area contributed by atoms with Crippen LogP contribution in [0.2, 0.25) is 0 Å². The quantitative estimate of drug-likeness (QED) is 0.879. The smallest absolute Gasteiger partial charge is 0.0991 e. The molecular formula is C15H16N2OS. The van der Waals surface area contributed by atoms with Gasteiger partial charge in [0.15, 0.2) is 0 Å². The second-order valence-electron chi connectivity index (χ2n) is 4.39. The number of benzene rings is 1. The van der Waals surface area contributed by atoms with Gasteiger partial charge in [-0.1, -0.05) is 18.2 Å². The molecule has 0 aliphatic rings. The minimum atomic E-state index is -0.560. The summed E-state index contributed by atoms with van der Waals surface area (Å²) >= 11 is 1.70. The highest BCUT2D eigenvalue weighted by molar-refractivity contribution is 7.10. The first-order valence-electron chi connectivity index (χ1n) is 6.15.